The van der Waals surface area contributed by atoms with Gasteiger partial charge in [0.1, 0.15) is 0 Å². The lowest BCUT2D eigenvalue weighted by Gasteiger charge is -2.31. The average molecular weight is 189 g/mol. The van der Waals surface area contributed by atoms with Crippen molar-refractivity contribution in [3.05, 3.63) is 34.9 Å². The highest BCUT2D eigenvalue weighted by Gasteiger charge is 2.22. The molecule has 1 aliphatic rings. The van der Waals surface area contributed by atoms with E-state index >= 15 is 0 Å². The van der Waals surface area contributed by atoms with Gasteiger partial charge < -0.3 is 4.90 Å². The van der Waals surface area contributed by atoms with Crippen molar-refractivity contribution in [1.29, 1.82) is 0 Å². The molecule has 74 valence electrons. The summed E-state index contributed by atoms with van der Waals surface area (Å²) in [5, 5.41) is 0. The molecule has 1 heterocycles. The highest BCUT2D eigenvalue weighted by atomic mass is 16.2. The standard InChI is InChI=1S/C12H15NO/c1-9-5-3-6-11(10(9)2)12(14)13-7-4-8-13/h3,5-6H,4,7-8H2,1-2H3. The molecule has 0 spiro atoms. The molecule has 0 bridgehead atoms. The fourth-order valence-corrected chi connectivity index (χ4v) is 1.67. The number of nitrogens with zero attached hydrogens (tertiary/aromatic N) is 1. The number of likely N-dealkylation sites (tertiary alicyclic amines) is 1. The lowest BCUT2D eigenvalue weighted by molar-refractivity contribution is 0.0651. The Bertz CT molecular complexity index is 367. The van der Waals surface area contributed by atoms with Crippen molar-refractivity contribution in [3.63, 3.8) is 0 Å². The van der Waals surface area contributed by atoms with Crippen LogP contribution in [-0.4, -0.2) is 23.9 Å². The second-order valence-corrected chi connectivity index (χ2v) is 3.89. The van der Waals surface area contributed by atoms with Crippen molar-refractivity contribution in [3.8, 4) is 0 Å². The maximum absolute atomic E-state index is 11.9. The molecule has 0 N–H and O–H groups in total. The van der Waals surface area contributed by atoms with E-state index < -0.39 is 0 Å². The van der Waals surface area contributed by atoms with E-state index in [9.17, 15) is 4.79 Å². The minimum absolute atomic E-state index is 0.192. The Morgan fingerprint density at radius 1 is 1.29 bits per heavy atom. The van der Waals surface area contributed by atoms with Gasteiger partial charge in [-0.1, -0.05) is 12.1 Å². The first-order valence-electron chi connectivity index (χ1n) is 5.05. The van der Waals surface area contributed by atoms with Crippen LogP contribution in [0.4, 0.5) is 0 Å². The molecule has 0 radical (unpaired) electrons. The third-order valence-electron chi connectivity index (χ3n) is 2.98. The second-order valence-electron chi connectivity index (χ2n) is 3.89. The summed E-state index contributed by atoms with van der Waals surface area (Å²) in [6.45, 7) is 5.91. The van der Waals surface area contributed by atoms with Gasteiger partial charge in [0.2, 0.25) is 0 Å². The molecule has 1 amide bonds. The molecule has 0 aromatic heterocycles. The maximum atomic E-state index is 11.9. The topological polar surface area (TPSA) is 20.3 Å². The van der Waals surface area contributed by atoms with E-state index in [0.717, 1.165) is 30.6 Å². The van der Waals surface area contributed by atoms with E-state index in [-0.39, 0.29) is 5.91 Å². The highest BCUT2D eigenvalue weighted by molar-refractivity contribution is 5.96. The Kier molecular flexibility index (Phi) is 2.28. The second kappa shape index (κ2) is 3.45. The smallest absolute Gasteiger partial charge is 0.254 e. The summed E-state index contributed by atoms with van der Waals surface area (Å²) >= 11 is 0. The van der Waals surface area contributed by atoms with Crippen molar-refractivity contribution < 1.29 is 4.79 Å². The number of hydrogen-bond donors (Lipinski definition) is 0. The normalized spacial score (nSPS) is 15.1. The fourth-order valence-electron chi connectivity index (χ4n) is 1.67. The molecule has 1 aromatic rings. The van der Waals surface area contributed by atoms with E-state index in [2.05, 4.69) is 0 Å². The van der Waals surface area contributed by atoms with Gasteiger partial charge in [-0.25, -0.2) is 0 Å². The zero-order valence-electron chi connectivity index (χ0n) is 8.71. The summed E-state index contributed by atoms with van der Waals surface area (Å²) in [4.78, 5) is 13.8. The predicted octanol–water partition coefficient (Wildman–Crippen LogP) is 2.15. The SMILES string of the molecule is Cc1cccc(C(=O)N2CCC2)c1C. The fraction of sp³-hybridized carbons (Fsp3) is 0.417. The summed E-state index contributed by atoms with van der Waals surface area (Å²) in [5.41, 5.74) is 3.17. The van der Waals surface area contributed by atoms with E-state index in [1.54, 1.807) is 0 Å². The van der Waals surface area contributed by atoms with Gasteiger partial charge in [0.05, 0.1) is 0 Å². The number of carbonyl (C=O) groups excluding carboxylic acids is 1. The molecule has 2 rings (SSSR count). The Balaban J connectivity index is 2.31. The van der Waals surface area contributed by atoms with Crippen molar-refractivity contribution in [1.82, 2.24) is 4.90 Å². The molecule has 1 fully saturated rings. The summed E-state index contributed by atoms with van der Waals surface area (Å²) in [7, 11) is 0. The Labute approximate surface area is 84.5 Å². The van der Waals surface area contributed by atoms with Crippen LogP contribution in [-0.2, 0) is 0 Å². The largest absolute Gasteiger partial charge is 0.339 e. The number of benzene rings is 1. The van der Waals surface area contributed by atoms with Gasteiger partial charge in [0.15, 0.2) is 0 Å². The number of amides is 1. The van der Waals surface area contributed by atoms with Gasteiger partial charge in [0.25, 0.3) is 5.91 Å². The molecule has 2 nitrogen and oxygen atoms in total. The minimum atomic E-state index is 0.192. The molecule has 14 heavy (non-hydrogen) atoms. The maximum Gasteiger partial charge on any atom is 0.254 e. The molecule has 0 atom stereocenters. The molecule has 0 unspecified atom stereocenters. The zero-order chi connectivity index (χ0) is 10.1. The third kappa shape index (κ3) is 1.41. The van der Waals surface area contributed by atoms with Crippen molar-refractivity contribution in [2.45, 2.75) is 20.3 Å². The van der Waals surface area contributed by atoms with Gasteiger partial charge in [-0.2, -0.15) is 0 Å². The van der Waals surface area contributed by atoms with E-state index in [4.69, 9.17) is 0 Å². The van der Waals surface area contributed by atoms with Gasteiger partial charge in [-0.3, -0.25) is 4.79 Å². The Hall–Kier alpha value is -1.31. The predicted molar refractivity (Wildman–Crippen MR) is 56.4 cm³/mol. The van der Waals surface area contributed by atoms with E-state index in [1.165, 1.54) is 5.56 Å². The van der Waals surface area contributed by atoms with Crippen LogP contribution in [0, 0.1) is 13.8 Å². The summed E-state index contributed by atoms with van der Waals surface area (Å²) in [5.74, 6) is 0.192. The molecule has 0 saturated carbocycles. The van der Waals surface area contributed by atoms with Crippen LogP contribution in [0.3, 0.4) is 0 Å². The third-order valence-corrected chi connectivity index (χ3v) is 2.98. The first-order valence-corrected chi connectivity index (χ1v) is 5.05. The van der Waals surface area contributed by atoms with E-state index in [0.29, 0.717) is 0 Å². The molecule has 0 aliphatic carbocycles. The molecule has 1 aromatic carbocycles. The molecular weight excluding hydrogens is 174 g/mol. The van der Waals surface area contributed by atoms with Crippen molar-refractivity contribution in [2.75, 3.05) is 13.1 Å². The van der Waals surface area contributed by atoms with Gasteiger partial charge in [-0.15, -0.1) is 0 Å². The number of carbonyl (C=O) groups is 1. The van der Waals surface area contributed by atoms with Gasteiger partial charge in [0, 0.05) is 18.7 Å². The van der Waals surface area contributed by atoms with Crippen LogP contribution in [0.2, 0.25) is 0 Å². The Morgan fingerprint density at radius 2 is 2.00 bits per heavy atom. The van der Waals surface area contributed by atoms with Crippen LogP contribution in [0.25, 0.3) is 0 Å². The monoisotopic (exact) mass is 189 g/mol. The summed E-state index contributed by atoms with van der Waals surface area (Å²) in [6, 6.07) is 5.92. The van der Waals surface area contributed by atoms with Crippen molar-refractivity contribution >= 4 is 5.91 Å². The van der Waals surface area contributed by atoms with Crippen LogP contribution >= 0.6 is 0 Å². The molecule has 1 aliphatic heterocycles. The molecular formula is C12H15NO. The van der Waals surface area contributed by atoms with Crippen LogP contribution in [0.15, 0.2) is 18.2 Å². The van der Waals surface area contributed by atoms with Gasteiger partial charge >= 0.3 is 0 Å². The minimum Gasteiger partial charge on any atom is -0.339 e. The van der Waals surface area contributed by atoms with E-state index in [1.807, 2.05) is 36.9 Å². The summed E-state index contributed by atoms with van der Waals surface area (Å²) < 4.78 is 0. The molecule has 2 heteroatoms. The number of aryl methyl sites for hydroxylation is 1. The quantitative estimate of drug-likeness (QED) is 0.663. The number of hydrogen-bond acceptors (Lipinski definition) is 1. The van der Waals surface area contributed by atoms with Crippen LogP contribution < -0.4 is 0 Å². The molecule has 1 saturated heterocycles. The Morgan fingerprint density at radius 3 is 2.57 bits per heavy atom. The first kappa shape index (κ1) is 9.25. The number of rotatable bonds is 1. The van der Waals surface area contributed by atoms with Crippen molar-refractivity contribution in [2.24, 2.45) is 0 Å². The summed E-state index contributed by atoms with van der Waals surface area (Å²) in [6.07, 6.45) is 1.15. The average Bonchev–Trinajstić information content (AvgIpc) is 2.06. The van der Waals surface area contributed by atoms with Gasteiger partial charge in [-0.05, 0) is 37.5 Å². The first-order chi connectivity index (χ1) is 6.70. The zero-order valence-corrected chi connectivity index (χ0v) is 8.71. The van der Waals surface area contributed by atoms with Crippen LogP contribution in [0.5, 0.6) is 0 Å². The van der Waals surface area contributed by atoms with Crippen LogP contribution in [0.1, 0.15) is 27.9 Å². The lowest BCUT2D eigenvalue weighted by Crippen LogP contribution is -2.42. The highest BCUT2D eigenvalue weighted by Crippen LogP contribution is 2.17. The lowest BCUT2D eigenvalue weighted by atomic mass is 10.0.